The standard InChI is InChI=1S/C14H10ClFN2O/c15-11-6-9(7-17)4-5-10(11)8-19-14-12(16)2-1-3-13(14)18/h1-6H,8,18H2. The predicted molar refractivity (Wildman–Crippen MR) is 71.3 cm³/mol. The molecule has 0 bridgehead atoms. The molecular formula is C14H10ClFN2O. The maximum absolute atomic E-state index is 13.5. The fourth-order valence-electron chi connectivity index (χ4n) is 1.56. The quantitative estimate of drug-likeness (QED) is 0.873. The summed E-state index contributed by atoms with van der Waals surface area (Å²) in [6.07, 6.45) is 0. The molecule has 0 atom stereocenters. The lowest BCUT2D eigenvalue weighted by atomic mass is 10.1. The van der Waals surface area contributed by atoms with Crippen molar-refractivity contribution in [3.05, 3.63) is 58.4 Å². The summed E-state index contributed by atoms with van der Waals surface area (Å²) in [5, 5.41) is 9.12. The molecule has 0 amide bonds. The molecule has 0 radical (unpaired) electrons. The second-order valence-electron chi connectivity index (χ2n) is 3.86. The van der Waals surface area contributed by atoms with Gasteiger partial charge in [-0.3, -0.25) is 0 Å². The van der Waals surface area contributed by atoms with E-state index < -0.39 is 5.82 Å². The second-order valence-corrected chi connectivity index (χ2v) is 4.27. The van der Waals surface area contributed by atoms with E-state index in [0.717, 1.165) is 0 Å². The van der Waals surface area contributed by atoms with E-state index in [1.807, 2.05) is 6.07 Å². The van der Waals surface area contributed by atoms with E-state index in [1.54, 1.807) is 18.2 Å². The summed E-state index contributed by atoms with van der Waals surface area (Å²) in [4.78, 5) is 0. The van der Waals surface area contributed by atoms with Gasteiger partial charge >= 0.3 is 0 Å². The molecule has 0 aliphatic rings. The third-order valence-electron chi connectivity index (χ3n) is 2.55. The van der Waals surface area contributed by atoms with Gasteiger partial charge in [0.1, 0.15) is 6.61 Å². The lowest BCUT2D eigenvalue weighted by Crippen LogP contribution is -2.01. The molecule has 2 aromatic rings. The highest BCUT2D eigenvalue weighted by atomic mass is 35.5. The SMILES string of the molecule is N#Cc1ccc(COc2c(N)cccc2F)c(Cl)c1. The van der Waals surface area contributed by atoms with Crippen molar-refractivity contribution in [3.8, 4) is 11.8 Å². The van der Waals surface area contributed by atoms with Crippen molar-refractivity contribution in [2.24, 2.45) is 0 Å². The lowest BCUT2D eigenvalue weighted by molar-refractivity contribution is 0.292. The smallest absolute Gasteiger partial charge is 0.178 e. The maximum Gasteiger partial charge on any atom is 0.178 e. The van der Waals surface area contributed by atoms with Gasteiger partial charge in [0, 0.05) is 10.6 Å². The summed E-state index contributed by atoms with van der Waals surface area (Å²) in [6.45, 7) is 0.0790. The maximum atomic E-state index is 13.5. The molecule has 19 heavy (non-hydrogen) atoms. The molecule has 0 aliphatic carbocycles. The fourth-order valence-corrected chi connectivity index (χ4v) is 1.80. The minimum absolute atomic E-state index is 0.00271. The van der Waals surface area contributed by atoms with E-state index in [1.165, 1.54) is 18.2 Å². The van der Waals surface area contributed by atoms with Gasteiger partial charge in [0.2, 0.25) is 0 Å². The molecule has 96 valence electrons. The fraction of sp³-hybridized carbons (Fsp3) is 0.0714. The first kappa shape index (κ1) is 13.2. The van der Waals surface area contributed by atoms with Crippen LogP contribution < -0.4 is 10.5 Å². The number of nitriles is 1. The van der Waals surface area contributed by atoms with E-state index in [-0.39, 0.29) is 18.0 Å². The highest BCUT2D eigenvalue weighted by Gasteiger charge is 2.09. The van der Waals surface area contributed by atoms with Gasteiger partial charge in [-0.1, -0.05) is 23.7 Å². The van der Waals surface area contributed by atoms with Crippen LogP contribution in [-0.2, 0) is 6.61 Å². The van der Waals surface area contributed by atoms with Crippen molar-refractivity contribution < 1.29 is 9.13 Å². The summed E-state index contributed by atoms with van der Waals surface area (Å²) in [7, 11) is 0. The van der Waals surface area contributed by atoms with Crippen LogP contribution in [0.4, 0.5) is 10.1 Å². The van der Waals surface area contributed by atoms with Crippen LogP contribution in [0.2, 0.25) is 5.02 Å². The number of benzene rings is 2. The third-order valence-corrected chi connectivity index (χ3v) is 2.90. The average molecular weight is 277 g/mol. The highest BCUT2D eigenvalue weighted by molar-refractivity contribution is 6.31. The predicted octanol–water partition coefficient (Wildman–Crippen LogP) is 3.51. The molecule has 0 fully saturated rings. The van der Waals surface area contributed by atoms with Crippen LogP contribution in [-0.4, -0.2) is 0 Å². The number of halogens is 2. The molecule has 0 aliphatic heterocycles. The Hall–Kier alpha value is -2.25. The normalized spacial score (nSPS) is 9.95. The van der Waals surface area contributed by atoms with E-state index >= 15 is 0 Å². The topological polar surface area (TPSA) is 59.0 Å². The molecule has 0 heterocycles. The lowest BCUT2D eigenvalue weighted by Gasteiger charge is -2.10. The average Bonchev–Trinajstić information content (AvgIpc) is 2.39. The summed E-state index contributed by atoms with van der Waals surface area (Å²) in [6, 6.07) is 11.1. The van der Waals surface area contributed by atoms with Crippen molar-refractivity contribution >= 4 is 17.3 Å². The zero-order valence-electron chi connectivity index (χ0n) is 9.86. The van der Waals surface area contributed by atoms with Crippen LogP contribution in [0.25, 0.3) is 0 Å². The van der Waals surface area contributed by atoms with Gasteiger partial charge in [-0.2, -0.15) is 5.26 Å². The number of nitrogen functional groups attached to an aromatic ring is 1. The Morgan fingerprint density at radius 1 is 1.32 bits per heavy atom. The zero-order valence-corrected chi connectivity index (χ0v) is 10.6. The first-order valence-electron chi connectivity index (χ1n) is 5.47. The van der Waals surface area contributed by atoms with E-state index in [0.29, 0.717) is 16.1 Å². The molecule has 3 nitrogen and oxygen atoms in total. The van der Waals surface area contributed by atoms with E-state index in [2.05, 4.69) is 0 Å². The van der Waals surface area contributed by atoms with Gasteiger partial charge in [0.15, 0.2) is 11.6 Å². The van der Waals surface area contributed by atoms with Gasteiger partial charge in [0.05, 0.1) is 17.3 Å². The molecule has 5 heteroatoms. The van der Waals surface area contributed by atoms with Crippen molar-refractivity contribution in [1.82, 2.24) is 0 Å². The molecule has 0 aromatic heterocycles. The van der Waals surface area contributed by atoms with Gasteiger partial charge in [-0.15, -0.1) is 0 Å². The molecule has 0 spiro atoms. The van der Waals surface area contributed by atoms with Gasteiger partial charge in [0.25, 0.3) is 0 Å². The van der Waals surface area contributed by atoms with Crippen molar-refractivity contribution in [2.45, 2.75) is 6.61 Å². The summed E-state index contributed by atoms with van der Waals surface area (Å²) in [5.74, 6) is -0.521. The summed E-state index contributed by atoms with van der Waals surface area (Å²) < 4.78 is 18.8. The molecule has 0 unspecified atom stereocenters. The van der Waals surface area contributed by atoms with Gasteiger partial charge in [-0.25, -0.2) is 4.39 Å². The molecule has 0 saturated heterocycles. The first-order valence-corrected chi connectivity index (χ1v) is 5.85. The Kier molecular flexibility index (Phi) is 3.88. The molecule has 2 N–H and O–H groups in total. The van der Waals surface area contributed by atoms with Crippen LogP contribution >= 0.6 is 11.6 Å². The van der Waals surface area contributed by atoms with Gasteiger partial charge < -0.3 is 10.5 Å². The van der Waals surface area contributed by atoms with Crippen molar-refractivity contribution in [1.29, 1.82) is 5.26 Å². The van der Waals surface area contributed by atoms with E-state index in [4.69, 9.17) is 27.3 Å². The summed E-state index contributed by atoms with van der Waals surface area (Å²) in [5.41, 5.74) is 6.97. The van der Waals surface area contributed by atoms with Crippen molar-refractivity contribution in [3.63, 3.8) is 0 Å². The Labute approximate surface area is 115 Å². The third kappa shape index (κ3) is 2.95. The number of anilines is 1. The zero-order chi connectivity index (χ0) is 13.8. The van der Waals surface area contributed by atoms with Gasteiger partial charge in [-0.05, 0) is 24.3 Å². The van der Waals surface area contributed by atoms with Crippen LogP contribution in [0, 0.1) is 17.1 Å². The largest absolute Gasteiger partial charge is 0.484 e. The molecular weight excluding hydrogens is 267 g/mol. The number of nitrogens with two attached hydrogens (primary N) is 1. The second kappa shape index (κ2) is 5.59. The summed E-state index contributed by atoms with van der Waals surface area (Å²) >= 11 is 6.00. The highest BCUT2D eigenvalue weighted by Crippen LogP contribution is 2.27. The minimum Gasteiger partial charge on any atom is -0.484 e. The number of hydrogen-bond acceptors (Lipinski definition) is 3. The van der Waals surface area contributed by atoms with Crippen molar-refractivity contribution in [2.75, 3.05) is 5.73 Å². The number of nitrogens with zero attached hydrogens (tertiary/aromatic N) is 1. The Balaban J connectivity index is 2.17. The minimum atomic E-state index is -0.523. The monoisotopic (exact) mass is 276 g/mol. The van der Waals surface area contributed by atoms with Crippen LogP contribution in [0.15, 0.2) is 36.4 Å². The number of para-hydroxylation sites is 1. The van der Waals surface area contributed by atoms with Crippen LogP contribution in [0.5, 0.6) is 5.75 Å². The van der Waals surface area contributed by atoms with E-state index in [9.17, 15) is 4.39 Å². The molecule has 0 saturated carbocycles. The number of rotatable bonds is 3. The molecule has 2 aromatic carbocycles. The Morgan fingerprint density at radius 3 is 2.74 bits per heavy atom. The van der Waals surface area contributed by atoms with Crippen LogP contribution in [0.3, 0.4) is 0 Å². The number of ether oxygens (including phenoxy) is 1. The Morgan fingerprint density at radius 2 is 2.11 bits per heavy atom. The first-order chi connectivity index (χ1) is 9.11. The number of hydrogen-bond donors (Lipinski definition) is 1. The van der Waals surface area contributed by atoms with Crippen LogP contribution in [0.1, 0.15) is 11.1 Å². The Bertz CT molecular complexity index is 632. The molecule has 2 rings (SSSR count).